The molecule has 1 heterocycles. The summed E-state index contributed by atoms with van der Waals surface area (Å²) in [6, 6.07) is 3.57. The van der Waals surface area contributed by atoms with E-state index in [1.807, 2.05) is 0 Å². The lowest BCUT2D eigenvalue weighted by molar-refractivity contribution is -0.112. The van der Waals surface area contributed by atoms with E-state index < -0.39 is 0 Å². The summed E-state index contributed by atoms with van der Waals surface area (Å²) in [5, 5.41) is 0. The number of methoxy groups -OCH3 is 2. The summed E-state index contributed by atoms with van der Waals surface area (Å²) < 4.78 is 10.3. The molecule has 1 aromatic carbocycles. The monoisotopic (exact) mass is 205 g/mol. The first-order valence-corrected chi connectivity index (χ1v) is 4.56. The van der Waals surface area contributed by atoms with Crippen molar-refractivity contribution in [2.75, 3.05) is 14.2 Å². The second-order valence-electron chi connectivity index (χ2n) is 3.24. The van der Waals surface area contributed by atoms with Gasteiger partial charge in [-0.2, -0.15) is 0 Å². The summed E-state index contributed by atoms with van der Waals surface area (Å²) in [5.41, 5.74) is 1.65. The van der Waals surface area contributed by atoms with E-state index >= 15 is 0 Å². The SMILES string of the molecule is COc1cc2c(cc1OC)N=CC(=O)C2. The predicted octanol–water partition coefficient (Wildman–Crippen LogP) is 1.53. The largest absolute Gasteiger partial charge is 0.493 e. The van der Waals surface area contributed by atoms with Gasteiger partial charge in [-0.3, -0.25) is 9.79 Å². The Bertz CT molecular complexity index is 438. The van der Waals surface area contributed by atoms with Crippen LogP contribution in [0.1, 0.15) is 5.56 Å². The highest BCUT2D eigenvalue weighted by atomic mass is 16.5. The van der Waals surface area contributed by atoms with Crippen LogP contribution in [-0.2, 0) is 11.2 Å². The summed E-state index contributed by atoms with van der Waals surface area (Å²) in [6.07, 6.45) is 1.72. The van der Waals surface area contributed by atoms with E-state index in [1.165, 1.54) is 6.21 Å². The highest BCUT2D eigenvalue weighted by Gasteiger charge is 2.15. The van der Waals surface area contributed by atoms with E-state index in [4.69, 9.17) is 9.47 Å². The molecular weight excluding hydrogens is 194 g/mol. The average molecular weight is 205 g/mol. The Morgan fingerprint density at radius 3 is 2.53 bits per heavy atom. The number of rotatable bonds is 2. The summed E-state index contributed by atoms with van der Waals surface area (Å²) >= 11 is 0. The summed E-state index contributed by atoms with van der Waals surface area (Å²) in [6.45, 7) is 0. The quantitative estimate of drug-likeness (QED) is 0.735. The number of ketones is 1. The first kappa shape index (κ1) is 9.71. The zero-order valence-corrected chi connectivity index (χ0v) is 8.61. The van der Waals surface area contributed by atoms with Gasteiger partial charge in [-0.25, -0.2) is 0 Å². The number of hydrogen-bond donors (Lipinski definition) is 0. The molecule has 1 aliphatic rings. The van der Waals surface area contributed by atoms with Crippen molar-refractivity contribution in [3.05, 3.63) is 17.7 Å². The zero-order chi connectivity index (χ0) is 10.8. The molecule has 0 aromatic heterocycles. The van der Waals surface area contributed by atoms with Crippen LogP contribution < -0.4 is 9.47 Å². The van der Waals surface area contributed by atoms with Crippen LogP contribution in [0.25, 0.3) is 0 Å². The van der Waals surface area contributed by atoms with Crippen LogP contribution in [0.4, 0.5) is 5.69 Å². The molecule has 0 N–H and O–H groups in total. The topological polar surface area (TPSA) is 47.9 Å². The standard InChI is InChI=1S/C11H11NO3/c1-14-10-4-7-3-8(13)6-12-9(7)5-11(10)15-2/h4-6H,3H2,1-2H3. The van der Waals surface area contributed by atoms with E-state index in [1.54, 1.807) is 26.4 Å². The van der Waals surface area contributed by atoms with Crippen molar-refractivity contribution in [3.63, 3.8) is 0 Å². The van der Waals surface area contributed by atoms with Crippen LogP contribution in [0.2, 0.25) is 0 Å². The maximum atomic E-state index is 11.2. The molecule has 0 fully saturated rings. The van der Waals surface area contributed by atoms with Gasteiger partial charge in [0.25, 0.3) is 0 Å². The molecule has 0 saturated carbocycles. The van der Waals surface area contributed by atoms with Crippen molar-refractivity contribution in [1.29, 1.82) is 0 Å². The van der Waals surface area contributed by atoms with E-state index in [9.17, 15) is 4.79 Å². The third-order valence-corrected chi connectivity index (χ3v) is 2.30. The van der Waals surface area contributed by atoms with E-state index in [-0.39, 0.29) is 5.78 Å². The van der Waals surface area contributed by atoms with Crippen LogP contribution in [0.15, 0.2) is 17.1 Å². The van der Waals surface area contributed by atoms with Gasteiger partial charge in [-0.05, 0) is 11.6 Å². The molecule has 0 bridgehead atoms. The first-order chi connectivity index (χ1) is 7.24. The normalized spacial score (nSPS) is 13.6. The Hall–Kier alpha value is -1.84. The van der Waals surface area contributed by atoms with Gasteiger partial charge in [-0.1, -0.05) is 0 Å². The first-order valence-electron chi connectivity index (χ1n) is 4.56. The van der Waals surface area contributed by atoms with Crippen molar-refractivity contribution in [2.45, 2.75) is 6.42 Å². The van der Waals surface area contributed by atoms with Crippen LogP contribution in [0, 0.1) is 0 Å². The number of ether oxygens (including phenoxy) is 2. The fraction of sp³-hybridized carbons (Fsp3) is 0.273. The Morgan fingerprint density at radius 1 is 1.20 bits per heavy atom. The highest BCUT2D eigenvalue weighted by molar-refractivity contribution is 6.29. The van der Waals surface area contributed by atoms with Gasteiger partial charge in [0.15, 0.2) is 17.3 Å². The van der Waals surface area contributed by atoms with Crippen molar-refractivity contribution in [3.8, 4) is 11.5 Å². The number of nitrogens with zero attached hydrogens (tertiary/aromatic N) is 1. The van der Waals surface area contributed by atoms with Gasteiger partial charge < -0.3 is 9.47 Å². The molecule has 0 spiro atoms. The third-order valence-electron chi connectivity index (χ3n) is 2.30. The number of carbonyl (C=O) groups excluding carboxylic acids is 1. The lowest BCUT2D eigenvalue weighted by atomic mass is 10.0. The zero-order valence-electron chi connectivity index (χ0n) is 8.61. The molecule has 1 aliphatic heterocycles. The molecule has 4 nitrogen and oxygen atoms in total. The number of fused-ring (bicyclic) bond motifs is 1. The van der Waals surface area contributed by atoms with Crippen molar-refractivity contribution >= 4 is 17.7 Å². The average Bonchev–Trinajstić information content (AvgIpc) is 2.27. The number of aliphatic imine (C=N–C) groups is 1. The van der Waals surface area contributed by atoms with Crippen LogP contribution >= 0.6 is 0 Å². The highest BCUT2D eigenvalue weighted by Crippen LogP contribution is 2.35. The molecule has 2 rings (SSSR count). The molecule has 0 atom stereocenters. The molecule has 1 aromatic rings. The van der Waals surface area contributed by atoms with E-state index in [2.05, 4.69) is 4.99 Å². The summed E-state index contributed by atoms with van der Waals surface area (Å²) in [4.78, 5) is 15.2. The predicted molar refractivity (Wildman–Crippen MR) is 56.4 cm³/mol. The molecule has 4 heteroatoms. The minimum absolute atomic E-state index is 0.00900. The van der Waals surface area contributed by atoms with Gasteiger partial charge in [0, 0.05) is 12.5 Å². The number of benzene rings is 1. The molecule has 0 radical (unpaired) electrons. The summed E-state index contributed by atoms with van der Waals surface area (Å²) in [7, 11) is 3.14. The second kappa shape index (κ2) is 3.73. The van der Waals surface area contributed by atoms with E-state index in [0.29, 0.717) is 17.9 Å². The van der Waals surface area contributed by atoms with Crippen molar-refractivity contribution in [2.24, 2.45) is 4.99 Å². The number of Topliss-reactive ketones (excluding diaryl/α,β-unsaturated/α-hetero) is 1. The number of hydrogen-bond acceptors (Lipinski definition) is 4. The fourth-order valence-corrected chi connectivity index (χ4v) is 1.55. The minimum Gasteiger partial charge on any atom is -0.493 e. The Balaban J connectivity index is 2.52. The lowest BCUT2D eigenvalue weighted by Gasteiger charge is -2.13. The van der Waals surface area contributed by atoms with Gasteiger partial charge >= 0.3 is 0 Å². The van der Waals surface area contributed by atoms with Crippen molar-refractivity contribution in [1.82, 2.24) is 0 Å². The lowest BCUT2D eigenvalue weighted by Crippen LogP contribution is -2.08. The smallest absolute Gasteiger partial charge is 0.178 e. The van der Waals surface area contributed by atoms with Crippen molar-refractivity contribution < 1.29 is 14.3 Å². The van der Waals surface area contributed by atoms with Gasteiger partial charge in [0.05, 0.1) is 26.1 Å². The Morgan fingerprint density at radius 2 is 1.87 bits per heavy atom. The van der Waals surface area contributed by atoms with Gasteiger partial charge in [-0.15, -0.1) is 0 Å². The van der Waals surface area contributed by atoms with Gasteiger partial charge in [0.2, 0.25) is 0 Å². The maximum Gasteiger partial charge on any atom is 0.178 e. The molecule has 15 heavy (non-hydrogen) atoms. The minimum atomic E-state index is 0.00900. The van der Waals surface area contributed by atoms with Crippen LogP contribution in [0.5, 0.6) is 11.5 Å². The maximum absolute atomic E-state index is 11.2. The molecule has 0 amide bonds. The second-order valence-corrected chi connectivity index (χ2v) is 3.24. The third kappa shape index (κ3) is 1.70. The number of carbonyl (C=O) groups is 1. The molecule has 0 saturated heterocycles. The van der Waals surface area contributed by atoms with Crippen LogP contribution in [0.3, 0.4) is 0 Å². The molecule has 78 valence electrons. The Labute approximate surface area is 87.5 Å². The molecular formula is C11H11NO3. The fourth-order valence-electron chi connectivity index (χ4n) is 1.55. The van der Waals surface area contributed by atoms with E-state index in [0.717, 1.165) is 11.3 Å². The molecule has 0 aliphatic carbocycles. The van der Waals surface area contributed by atoms with Gasteiger partial charge in [0.1, 0.15) is 0 Å². The molecule has 0 unspecified atom stereocenters. The summed E-state index contributed by atoms with van der Waals surface area (Å²) in [5.74, 6) is 1.26. The Kier molecular flexibility index (Phi) is 2.41. The van der Waals surface area contributed by atoms with Crippen LogP contribution in [-0.4, -0.2) is 26.2 Å².